The maximum atomic E-state index is 12.8. The zero-order valence-corrected chi connectivity index (χ0v) is 15.1. The number of benzene rings is 1. The minimum absolute atomic E-state index is 0.244. The summed E-state index contributed by atoms with van der Waals surface area (Å²) in [5, 5.41) is 11.0. The lowest BCUT2D eigenvalue weighted by atomic mass is 10.1. The van der Waals surface area contributed by atoms with Crippen molar-refractivity contribution in [2.75, 3.05) is 5.32 Å². The summed E-state index contributed by atoms with van der Waals surface area (Å²) in [5.74, 6) is 0.560. The second-order valence-corrected chi connectivity index (χ2v) is 6.34. The van der Waals surface area contributed by atoms with E-state index in [1.165, 1.54) is 6.07 Å². The topological polar surface area (TPSA) is 41.9 Å². The second kappa shape index (κ2) is 7.86. The number of halogens is 3. The molecule has 136 valence electrons. The first kappa shape index (κ1) is 19.2. The zero-order valence-electron chi connectivity index (χ0n) is 14.3. The SMILES string of the molecule is CCC(C)NC(=S)Nc1cc(C)n(Cc2cccc(C(F)(F)F)c2)n1. The molecular formula is C17H21F3N4S. The molecule has 0 aliphatic carbocycles. The van der Waals surface area contributed by atoms with E-state index in [9.17, 15) is 13.2 Å². The summed E-state index contributed by atoms with van der Waals surface area (Å²) in [6, 6.07) is 7.31. The van der Waals surface area contributed by atoms with Gasteiger partial charge in [-0.05, 0) is 50.2 Å². The predicted molar refractivity (Wildman–Crippen MR) is 96.6 cm³/mol. The molecule has 1 unspecified atom stereocenters. The van der Waals surface area contributed by atoms with Crippen LogP contribution in [0, 0.1) is 6.92 Å². The number of nitrogens with zero attached hydrogens (tertiary/aromatic N) is 2. The molecule has 4 nitrogen and oxygen atoms in total. The summed E-state index contributed by atoms with van der Waals surface area (Å²) in [5.41, 5.74) is 0.700. The van der Waals surface area contributed by atoms with Gasteiger partial charge in [0.2, 0.25) is 0 Å². The van der Waals surface area contributed by atoms with Gasteiger partial charge >= 0.3 is 6.18 Å². The largest absolute Gasteiger partial charge is 0.416 e. The van der Waals surface area contributed by atoms with Crippen molar-refractivity contribution in [1.29, 1.82) is 0 Å². The monoisotopic (exact) mass is 370 g/mol. The first-order chi connectivity index (χ1) is 11.7. The second-order valence-electron chi connectivity index (χ2n) is 5.93. The van der Waals surface area contributed by atoms with Gasteiger partial charge in [0.1, 0.15) is 0 Å². The molecule has 1 aromatic carbocycles. The fourth-order valence-electron chi connectivity index (χ4n) is 2.23. The molecule has 0 spiro atoms. The van der Waals surface area contributed by atoms with Crippen LogP contribution in [0.1, 0.15) is 37.1 Å². The van der Waals surface area contributed by atoms with Crippen LogP contribution in [0.15, 0.2) is 30.3 Å². The van der Waals surface area contributed by atoms with Crippen LogP contribution in [0.3, 0.4) is 0 Å². The Labute approximate surface area is 150 Å². The maximum absolute atomic E-state index is 12.8. The van der Waals surface area contributed by atoms with Gasteiger partial charge in [0.25, 0.3) is 0 Å². The Morgan fingerprint density at radius 3 is 2.68 bits per heavy atom. The summed E-state index contributed by atoms with van der Waals surface area (Å²) in [4.78, 5) is 0. The van der Waals surface area contributed by atoms with E-state index < -0.39 is 11.7 Å². The molecule has 1 atom stereocenters. The molecule has 2 rings (SSSR count). The predicted octanol–water partition coefficient (Wildman–Crippen LogP) is 4.34. The Balaban J connectivity index is 2.09. The van der Waals surface area contributed by atoms with Crippen molar-refractivity contribution in [3.63, 3.8) is 0 Å². The molecule has 0 saturated heterocycles. The highest BCUT2D eigenvalue weighted by Crippen LogP contribution is 2.29. The lowest BCUT2D eigenvalue weighted by Crippen LogP contribution is -2.35. The summed E-state index contributed by atoms with van der Waals surface area (Å²) in [6.45, 7) is 6.17. The van der Waals surface area contributed by atoms with Crippen LogP contribution in [0.5, 0.6) is 0 Å². The van der Waals surface area contributed by atoms with E-state index >= 15 is 0 Å². The fraction of sp³-hybridized carbons (Fsp3) is 0.412. The van der Waals surface area contributed by atoms with Gasteiger partial charge in [-0.25, -0.2) is 0 Å². The molecule has 1 aromatic heterocycles. The van der Waals surface area contributed by atoms with Crippen molar-refractivity contribution < 1.29 is 13.2 Å². The van der Waals surface area contributed by atoms with E-state index in [1.807, 2.05) is 20.8 Å². The number of hydrogen-bond acceptors (Lipinski definition) is 2. The van der Waals surface area contributed by atoms with Crippen LogP contribution in [-0.2, 0) is 12.7 Å². The van der Waals surface area contributed by atoms with E-state index in [0.717, 1.165) is 24.2 Å². The molecule has 0 aliphatic heterocycles. The van der Waals surface area contributed by atoms with Gasteiger partial charge in [0.05, 0.1) is 12.1 Å². The van der Waals surface area contributed by atoms with Crippen molar-refractivity contribution in [2.45, 2.75) is 46.0 Å². The molecular weight excluding hydrogens is 349 g/mol. The third-order valence-electron chi connectivity index (χ3n) is 3.80. The van der Waals surface area contributed by atoms with Crippen molar-refractivity contribution in [3.05, 3.63) is 47.2 Å². The number of hydrogen-bond donors (Lipinski definition) is 2. The van der Waals surface area contributed by atoms with Crippen molar-refractivity contribution >= 4 is 23.1 Å². The quantitative estimate of drug-likeness (QED) is 0.768. The molecule has 0 bridgehead atoms. The standard InChI is InChI=1S/C17H21F3N4S/c1-4-11(2)21-16(25)22-15-8-12(3)24(23-15)10-13-6-5-7-14(9-13)17(18,19)20/h5-9,11H,4,10H2,1-3H3,(H2,21,22,23,25). The van der Waals surface area contributed by atoms with Crippen LogP contribution in [0.2, 0.25) is 0 Å². The molecule has 0 radical (unpaired) electrons. The summed E-state index contributed by atoms with van der Waals surface area (Å²) in [7, 11) is 0. The van der Waals surface area contributed by atoms with Gasteiger partial charge in [-0.15, -0.1) is 0 Å². The van der Waals surface area contributed by atoms with E-state index in [2.05, 4.69) is 15.7 Å². The average Bonchev–Trinajstić information content (AvgIpc) is 2.85. The highest BCUT2D eigenvalue weighted by Gasteiger charge is 2.30. The molecule has 8 heteroatoms. The Kier molecular flexibility index (Phi) is 6.05. The van der Waals surface area contributed by atoms with Gasteiger partial charge in [-0.2, -0.15) is 18.3 Å². The highest BCUT2D eigenvalue weighted by molar-refractivity contribution is 7.80. The van der Waals surface area contributed by atoms with Gasteiger partial charge < -0.3 is 10.6 Å². The van der Waals surface area contributed by atoms with Gasteiger partial charge in [-0.3, -0.25) is 4.68 Å². The van der Waals surface area contributed by atoms with Crippen LogP contribution in [-0.4, -0.2) is 20.9 Å². The molecule has 0 fully saturated rings. The lowest BCUT2D eigenvalue weighted by Gasteiger charge is -2.13. The number of rotatable bonds is 5. The third-order valence-corrected chi connectivity index (χ3v) is 4.02. The van der Waals surface area contributed by atoms with E-state index in [-0.39, 0.29) is 12.6 Å². The maximum Gasteiger partial charge on any atom is 0.416 e. The van der Waals surface area contributed by atoms with E-state index in [1.54, 1.807) is 16.8 Å². The van der Waals surface area contributed by atoms with Crippen molar-refractivity contribution in [3.8, 4) is 0 Å². The number of anilines is 1. The Morgan fingerprint density at radius 1 is 1.32 bits per heavy atom. The van der Waals surface area contributed by atoms with Crippen LogP contribution < -0.4 is 10.6 Å². The van der Waals surface area contributed by atoms with Crippen LogP contribution >= 0.6 is 12.2 Å². The van der Waals surface area contributed by atoms with Crippen molar-refractivity contribution in [1.82, 2.24) is 15.1 Å². The molecule has 2 N–H and O–H groups in total. The molecule has 1 heterocycles. The number of alkyl halides is 3. The number of aryl methyl sites for hydroxylation is 1. The van der Waals surface area contributed by atoms with E-state index in [4.69, 9.17) is 12.2 Å². The zero-order chi connectivity index (χ0) is 18.6. The summed E-state index contributed by atoms with van der Waals surface area (Å²) >= 11 is 5.22. The smallest absolute Gasteiger partial charge is 0.360 e. The third kappa shape index (κ3) is 5.45. The van der Waals surface area contributed by atoms with Gasteiger partial charge in [0, 0.05) is 17.8 Å². The normalized spacial score (nSPS) is 12.7. The molecule has 0 aliphatic rings. The average molecular weight is 370 g/mol. The summed E-state index contributed by atoms with van der Waals surface area (Å²) in [6.07, 6.45) is -3.42. The number of thiocarbonyl (C=S) groups is 1. The summed E-state index contributed by atoms with van der Waals surface area (Å²) < 4.78 is 40.1. The van der Waals surface area contributed by atoms with Gasteiger partial charge in [0.15, 0.2) is 10.9 Å². The first-order valence-corrected chi connectivity index (χ1v) is 8.38. The van der Waals surface area contributed by atoms with E-state index in [0.29, 0.717) is 16.5 Å². The van der Waals surface area contributed by atoms with Crippen LogP contribution in [0.4, 0.5) is 19.0 Å². The van der Waals surface area contributed by atoms with Gasteiger partial charge in [-0.1, -0.05) is 19.1 Å². The number of nitrogens with one attached hydrogen (secondary N) is 2. The molecule has 0 saturated carbocycles. The Bertz CT molecular complexity index is 740. The lowest BCUT2D eigenvalue weighted by molar-refractivity contribution is -0.137. The minimum Gasteiger partial charge on any atom is -0.360 e. The fourth-order valence-corrected chi connectivity index (χ4v) is 2.53. The minimum atomic E-state index is -4.35. The van der Waals surface area contributed by atoms with Crippen molar-refractivity contribution in [2.24, 2.45) is 0 Å². The Morgan fingerprint density at radius 2 is 2.04 bits per heavy atom. The Hall–Kier alpha value is -2.09. The highest BCUT2D eigenvalue weighted by atomic mass is 32.1. The number of aromatic nitrogens is 2. The first-order valence-electron chi connectivity index (χ1n) is 7.97. The molecule has 0 amide bonds. The molecule has 25 heavy (non-hydrogen) atoms. The van der Waals surface area contributed by atoms with Crippen LogP contribution in [0.25, 0.3) is 0 Å². The molecule has 2 aromatic rings.